The number of hydrogen-bond acceptors (Lipinski definition) is 2. The normalized spacial score (nSPS) is 24.9. The molecule has 0 radical (unpaired) electrons. The quantitative estimate of drug-likeness (QED) is 0.807. The van der Waals surface area contributed by atoms with Gasteiger partial charge in [0.1, 0.15) is 0 Å². The first-order chi connectivity index (χ1) is 8.77. The van der Waals surface area contributed by atoms with Crippen LogP contribution in [-0.4, -0.2) is 6.54 Å². The van der Waals surface area contributed by atoms with Crippen LogP contribution in [0.25, 0.3) is 0 Å². The third-order valence-corrected chi connectivity index (χ3v) is 5.99. The predicted molar refractivity (Wildman–Crippen MR) is 79.0 cm³/mol. The summed E-state index contributed by atoms with van der Waals surface area (Å²) < 4.78 is 0. The predicted octanol–water partition coefficient (Wildman–Crippen LogP) is 4.76. The second-order valence-corrected chi connectivity index (χ2v) is 7.56. The lowest BCUT2D eigenvalue weighted by atomic mass is 9.70. The second kappa shape index (κ2) is 5.34. The molecule has 18 heavy (non-hydrogen) atoms. The van der Waals surface area contributed by atoms with Crippen molar-refractivity contribution in [1.82, 2.24) is 5.32 Å². The molecule has 2 saturated carbocycles. The summed E-state index contributed by atoms with van der Waals surface area (Å²) in [7, 11) is 0. The van der Waals surface area contributed by atoms with Gasteiger partial charge in [0.2, 0.25) is 0 Å². The first-order valence-corrected chi connectivity index (χ1v) is 8.42. The van der Waals surface area contributed by atoms with E-state index in [4.69, 9.17) is 0 Å². The zero-order chi connectivity index (χ0) is 12.4. The first kappa shape index (κ1) is 12.7. The fourth-order valence-electron chi connectivity index (χ4n) is 3.57. The highest BCUT2D eigenvalue weighted by atomic mass is 32.1. The summed E-state index contributed by atoms with van der Waals surface area (Å²) in [6.45, 7) is 3.66. The van der Waals surface area contributed by atoms with Crippen molar-refractivity contribution in [3.8, 4) is 0 Å². The van der Waals surface area contributed by atoms with Gasteiger partial charge < -0.3 is 5.32 Å². The van der Waals surface area contributed by atoms with Gasteiger partial charge in [-0.25, -0.2) is 0 Å². The smallest absolute Gasteiger partial charge is 0.0443 e. The molecule has 0 aliphatic heterocycles. The Morgan fingerprint density at radius 3 is 2.67 bits per heavy atom. The molecule has 1 N–H and O–H groups in total. The topological polar surface area (TPSA) is 12.0 Å². The zero-order valence-electron chi connectivity index (χ0n) is 11.5. The number of rotatable bonds is 5. The Morgan fingerprint density at radius 1 is 1.33 bits per heavy atom. The number of nitrogens with one attached hydrogen (secondary N) is 1. The molecular formula is C16H25NS. The minimum Gasteiger partial charge on any atom is -0.308 e. The molecule has 1 aromatic rings. The summed E-state index contributed by atoms with van der Waals surface area (Å²) in [4.78, 5) is 1.56. The molecule has 2 aliphatic rings. The van der Waals surface area contributed by atoms with Crippen LogP contribution in [0.3, 0.4) is 0 Å². The maximum atomic E-state index is 3.92. The minimum absolute atomic E-state index is 0.591. The molecule has 1 unspecified atom stereocenters. The highest BCUT2D eigenvalue weighted by Gasteiger charge is 2.34. The van der Waals surface area contributed by atoms with Crippen LogP contribution in [-0.2, 0) is 0 Å². The molecule has 0 amide bonds. The van der Waals surface area contributed by atoms with Crippen molar-refractivity contribution in [2.75, 3.05) is 6.54 Å². The van der Waals surface area contributed by atoms with E-state index in [2.05, 4.69) is 29.8 Å². The van der Waals surface area contributed by atoms with Crippen molar-refractivity contribution in [3.63, 3.8) is 0 Å². The zero-order valence-corrected chi connectivity index (χ0v) is 12.3. The van der Waals surface area contributed by atoms with Crippen LogP contribution >= 0.6 is 11.3 Å². The van der Waals surface area contributed by atoms with Crippen molar-refractivity contribution < 1.29 is 0 Å². The summed E-state index contributed by atoms with van der Waals surface area (Å²) in [5.41, 5.74) is 0.591. The van der Waals surface area contributed by atoms with Crippen molar-refractivity contribution in [2.24, 2.45) is 11.3 Å². The fourth-order valence-corrected chi connectivity index (χ4v) is 4.47. The lowest BCUT2D eigenvalue weighted by molar-refractivity contribution is 0.144. The van der Waals surface area contributed by atoms with Gasteiger partial charge in [-0.15, -0.1) is 11.3 Å². The van der Waals surface area contributed by atoms with E-state index >= 15 is 0 Å². The van der Waals surface area contributed by atoms with E-state index in [9.17, 15) is 0 Å². The molecule has 1 heterocycles. The lowest BCUT2D eigenvalue weighted by Gasteiger charge is -2.40. The summed E-state index contributed by atoms with van der Waals surface area (Å²) >= 11 is 1.93. The van der Waals surface area contributed by atoms with E-state index in [1.165, 1.54) is 51.5 Å². The fraction of sp³-hybridized carbons (Fsp3) is 0.750. The second-order valence-electron chi connectivity index (χ2n) is 6.58. The standard InChI is InChI=1S/C16H25NS/c1-16(9-5-10-16)12-17-15(13-6-2-3-7-13)14-8-4-11-18-14/h4,8,11,13,15,17H,2-3,5-7,9-10,12H2,1H3. The number of hydrogen-bond donors (Lipinski definition) is 1. The first-order valence-electron chi connectivity index (χ1n) is 7.54. The molecule has 1 aromatic heterocycles. The minimum atomic E-state index is 0.591. The van der Waals surface area contributed by atoms with E-state index in [0.717, 1.165) is 5.92 Å². The van der Waals surface area contributed by atoms with E-state index in [0.29, 0.717) is 11.5 Å². The third kappa shape index (κ3) is 2.65. The van der Waals surface area contributed by atoms with Gasteiger partial charge in [0.15, 0.2) is 0 Å². The van der Waals surface area contributed by atoms with Gasteiger partial charge in [-0.3, -0.25) is 0 Å². The van der Waals surface area contributed by atoms with Crippen LogP contribution in [0, 0.1) is 11.3 Å². The molecule has 0 saturated heterocycles. The summed E-state index contributed by atoms with van der Waals surface area (Å²) in [6.07, 6.45) is 9.99. The van der Waals surface area contributed by atoms with Gasteiger partial charge in [0.25, 0.3) is 0 Å². The Labute approximate surface area is 115 Å². The molecule has 1 atom stereocenters. The molecule has 3 rings (SSSR count). The van der Waals surface area contributed by atoms with Crippen LogP contribution < -0.4 is 5.32 Å². The van der Waals surface area contributed by atoms with E-state index < -0.39 is 0 Å². The molecule has 0 bridgehead atoms. The Hall–Kier alpha value is -0.340. The number of thiophene rings is 1. The van der Waals surface area contributed by atoms with E-state index in [1.54, 1.807) is 4.88 Å². The summed E-state index contributed by atoms with van der Waals surface area (Å²) in [6, 6.07) is 5.16. The van der Waals surface area contributed by atoms with Gasteiger partial charge in [0.05, 0.1) is 0 Å². The lowest BCUT2D eigenvalue weighted by Crippen LogP contribution is -2.40. The molecule has 0 aromatic carbocycles. The van der Waals surface area contributed by atoms with Crippen LogP contribution in [0.2, 0.25) is 0 Å². The van der Waals surface area contributed by atoms with Gasteiger partial charge >= 0.3 is 0 Å². The molecule has 1 nitrogen and oxygen atoms in total. The van der Waals surface area contributed by atoms with Crippen molar-refractivity contribution in [1.29, 1.82) is 0 Å². The van der Waals surface area contributed by atoms with Gasteiger partial charge in [0, 0.05) is 17.5 Å². The van der Waals surface area contributed by atoms with Crippen LogP contribution in [0.1, 0.15) is 62.8 Å². The Balaban J connectivity index is 1.65. The van der Waals surface area contributed by atoms with Gasteiger partial charge in [-0.1, -0.05) is 32.3 Å². The monoisotopic (exact) mass is 263 g/mol. The van der Waals surface area contributed by atoms with Crippen molar-refractivity contribution in [2.45, 2.75) is 57.9 Å². The van der Waals surface area contributed by atoms with E-state index in [-0.39, 0.29) is 0 Å². The largest absolute Gasteiger partial charge is 0.308 e. The average Bonchev–Trinajstić information content (AvgIpc) is 2.99. The highest BCUT2D eigenvalue weighted by molar-refractivity contribution is 7.10. The molecule has 2 fully saturated rings. The van der Waals surface area contributed by atoms with Crippen molar-refractivity contribution in [3.05, 3.63) is 22.4 Å². The van der Waals surface area contributed by atoms with E-state index in [1.807, 2.05) is 11.3 Å². The Bertz CT molecular complexity index is 360. The highest BCUT2D eigenvalue weighted by Crippen LogP contribution is 2.42. The van der Waals surface area contributed by atoms with Crippen LogP contribution in [0.4, 0.5) is 0 Å². The molecule has 2 heteroatoms. The van der Waals surface area contributed by atoms with Crippen LogP contribution in [0.5, 0.6) is 0 Å². The Kier molecular flexibility index (Phi) is 3.76. The van der Waals surface area contributed by atoms with Crippen LogP contribution in [0.15, 0.2) is 17.5 Å². The summed E-state index contributed by atoms with van der Waals surface area (Å²) in [5.74, 6) is 0.882. The third-order valence-electron chi connectivity index (χ3n) is 5.03. The van der Waals surface area contributed by atoms with Gasteiger partial charge in [-0.2, -0.15) is 0 Å². The molecule has 2 aliphatic carbocycles. The van der Waals surface area contributed by atoms with Gasteiger partial charge in [-0.05, 0) is 48.5 Å². The molecule has 0 spiro atoms. The summed E-state index contributed by atoms with van der Waals surface area (Å²) in [5, 5.41) is 6.14. The van der Waals surface area contributed by atoms with Crippen molar-refractivity contribution >= 4 is 11.3 Å². The average molecular weight is 263 g/mol. The Morgan fingerprint density at radius 2 is 2.11 bits per heavy atom. The SMILES string of the molecule is CC1(CNC(c2cccs2)C2CCCC2)CCC1. The molecular weight excluding hydrogens is 238 g/mol. The maximum absolute atomic E-state index is 3.92. The maximum Gasteiger partial charge on any atom is 0.0443 e. The molecule has 100 valence electrons.